The van der Waals surface area contributed by atoms with Crippen molar-refractivity contribution in [3.8, 4) is 0 Å². The van der Waals surface area contributed by atoms with Crippen LogP contribution in [0.2, 0.25) is 0 Å². The van der Waals surface area contributed by atoms with Crippen LogP contribution >= 0.6 is 0 Å². The van der Waals surface area contributed by atoms with Crippen LogP contribution in [0.1, 0.15) is 44.5 Å². The normalized spacial score (nSPS) is 19.7. The van der Waals surface area contributed by atoms with Gasteiger partial charge in [0.2, 0.25) is 0 Å². The molecule has 0 aliphatic carbocycles. The fourth-order valence-electron chi connectivity index (χ4n) is 2.46. The van der Waals surface area contributed by atoms with E-state index in [1.165, 1.54) is 6.42 Å². The van der Waals surface area contributed by atoms with E-state index in [1.807, 2.05) is 7.05 Å². The third kappa shape index (κ3) is 2.42. The van der Waals surface area contributed by atoms with Crippen LogP contribution in [0.15, 0.2) is 0 Å². The minimum atomic E-state index is 0.358. The topological polar surface area (TPSA) is 41.1 Å². The summed E-state index contributed by atoms with van der Waals surface area (Å²) in [5, 5.41) is 3.19. The van der Waals surface area contributed by atoms with E-state index >= 15 is 0 Å². The number of nitrogens with one attached hydrogen (secondary N) is 1. The van der Waals surface area contributed by atoms with Gasteiger partial charge in [0.05, 0.1) is 0 Å². The molecule has 1 fully saturated rings. The Hall–Kier alpha value is -1.32. The summed E-state index contributed by atoms with van der Waals surface area (Å²) in [7, 11) is 1.93. The number of hydrogen-bond donors (Lipinski definition) is 1. The zero-order valence-corrected chi connectivity index (χ0v) is 12.1. The molecule has 1 saturated heterocycles. The molecule has 0 amide bonds. The summed E-state index contributed by atoms with van der Waals surface area (Å²) >= 11 is 0. The van der Waals surface area contributed by atoms with Crippen molar-refractivity contribution in [1.29, 1.82) is 0 Å². The molecule has 1 N–H and O–H groups in total. The zero-order valence-electron chi connectivity index (χ0n) is 12.1. The molecule has 100 valence electrons. The second-order valence-electron chi connectivity index (χ2n) is 5.62. The summed E-state index contributed by atoms with van der Waals surface area (Å²) in [6, 6.07) is 0. The SMILES string of the molecule is CNc1nc(C(C)C)nc(N2CCC(C)C2)c1C. The maximum Gasteiger partial charge on any atom is 0.137 e. The lowest BCUT2D eigenvalue weighted by Crippen LogP contribution is -2.23. The van der Waals surface area contributed by atoms with Crippen LogP contribution < -0.4 is 10.2 Å². The average Bonchev–Trinajstić information content (AvgIpc) is 2.75. The highest BCUT2D eigenvalue weighted by molar-refractivity contribution is 5.59. The van der Waals surface area contributed by atoms with Crippen molar-refractivity contribution >= 4 is 11.6 Å². The monoisotopic (exact) mass is 248 g/mol. The van der Waals surface area contributed by atoms with Gasteiger partial charge in [-0.2, -0.15) is 0 Å². The van der Waals surface area contributed by atoms with Gasteiger partial charge in [0.1, 0.15) is 17.5 Å². The largest absolute Gasteiger partial charge is 0.373 e. The van der Waals surface area contributed by atoms with Gasteiger partial charge in [-0.25, -0.2) is 9.97 Å². The van der Waals surface area contributed by atoms with Gasteiger partial charge in [-0.15, -0.1) is 0 Å². The highest BCUT2D eigenvalue weighted by Gasteiger charge is 2.23. The first-order chi connectivity index (χ1) is 8.52. The maximum absolute atomic E-state index is 4.77. The summed E-state index contributed by atoms with van der Waals surface area (Å²) in [5.74, 6) is 4.13. The minimum absolute atomic E-state index is 0.358. The van der Waals surface area contributed by atoms with E-state index in [1.54, 1.807) is 0 Å². The van der Waals surface area contributed by atoms with Crippen molar-refractivity contribution in [3.05, 3.63) is 11.4 Å². The third-order valence-electron chi connectivity index (χ3n) is 3.61. The highest BCUT2D eigenvalue weighted by atomic mass is 15.2. The van der Waals surface area contributed by atoms with Crippen molar-refractivity contribution < 1.29 is 0 Å². The number of nitrogens with zero attached hydrogens (tertiary/aromatic N) is 3. The Kier molecular flexibility index (Phi) is 3.73. The van der Waals surface area contributed by atoms with Crippen LogP contribution in [0, 0.1) is 12.8 Å². The lowest BCUT2D eigenvalue weighted by atomic mass is 10.2. The Bertz CT molecular complexity index is 428. The number of anilines is 2. The smallest absolute Gasteiger partial charge is 0.137 e. The molecule has 0 spiro atoms. The fourth-order valence-corrected chi connectivity index (χ4v) is 2.46. The lowest BCUT2D eigenvalue weighted by molar-refractivity contribution is 0.658. The summed E-state index contributed by atoms with van der Waals surface area (Å²) in [4.78, 5) is 11.8. The Morgan fingerprint density at radius 1 is 1.33 bits per heavy atom. The van der Waals surface area contributed by atoms with Gasteiger partial charge >= 0.3 is 0 Å². The Balaban J connectivity index is 2.41. The van der Waals surface area contributed by atoms with Gasteiger partial charge in [0.15, 0.2) is 0 Å². The average molecular weight is 248 g/mol. The van der Waals surface area contributed by atoms with Crippen molar-refractivity contribution in [1.82, 2.24) is 9.97 Å². The van der Waals surface area contributed by atoms with Crippen LogP contribution in [0.4, 0.5) is 11.6 Å². The molecule has 0 saturated carbocycles. The molecule has 0 aromatic carbocycles. The predicted octanol–water partition coefficient (Wildman–Crippen LogP) is 2.80. The molecule has 1 aromatic heterocycles. The molecule has 1 aliphatic heterocycles. The molecular weight excluding hydrogens is 224 g/mol. The first-order valence-electron chi connectivity index (χ1n) is 6.84. The molecule has 1 aromatic rings. The molecule has 4 nitrogen and oxygen atoms in total. The van der Waals surface area contributed by atoms with E-state index in [0.717, 1.165) is 42.0 Å². The predicted molar refractivity (Wildman–Crippen MR) is 76.4 cm³/mol. The molecule has 0 bridgehead atoms. The standard InChI is InChI=1S/C14H24N4/c1-9(2)12-16-13(15-5)11(4)14(17-12)18-7-6-10(3)8-18/h9-10H,6-8H2,1-5H3,(H,15,16,17). The van der Waals surface area contributed by atoms with E-state index < -0.39 is 0 Å². The number of hydrogen-bond acceptors (Lipinski definition) is 4. The van der Waals surface area contributed by atoms with E-state index in [9.17, 15) is 0 Å². The lowest BCUT2D eigenvalue weighted by Gasteiger charge is -2.22. The van der Waals surface area contributed by atoms with Gasteiger partial charge in [-0.3, -0.25) is 0 Å². The number of aromatic nitrogens is 2. The second-order valence-corrected chi connectivity index (χ2v) is 5.62. The van der Waals surface area contributed by atoms with E-state index in [2.05, 4.69) is 42.9 Å². The van der Waals surface area contributed by atoms with Gasteiger partial charge in [-0.1, -0.05) is 20.8 Å². The molecular formula is C14H24N4. The summed E-state index contributed by atoms with van der Waals surface area (Å²) in [5.41, 5.74) is 1.16. The summed E-state index contributed by atoms with van der Waals surface area (Å²) in [6.45, 7) is 10.9. The molecule has 2 heterocycles. The molecule has 18 heavy (non-hydrogen) atoms. The maximum atomic E-state index is 4.77. The first-order valence-corrected chi connectivity index (χ1v) is 6.84. The Labute approximate surface area is 110 Å². The van der Waals surface area contributed by atoms with Crippen molar-refractivity contribution in [2.24, 2.45) is 5.92 Å². The van der Waals surface area contributed by atoms with Gasteiger partial charge in [0, 0.05) is 31.6 Å². The van der Waals surface area contributed by atoms with Crippen molar-refractivity contribution in [3.63, 3.8) is 0 Å². The Morgan fingerprint density at radius 3 is 2.56 bits per heavy atom. The van der Waals surface area contributed by atoms with E-state index in [-0.39, 0.29) is 0 Å². The van der Waals surface area contributed by atoms with Crippen LogP contribution in [0.25, 0.3) is 0 Å². The third-order valence-corrected chi connectivity index (χ3v) is 3.61. The Morgan fingerprint density at radius 2 is 2.06 bits per heavy atom. The molecule has 2 rings (SSSR count). The first kappa shape index (κ1) is 13.1. The van der Waals surface area contributed by atoms with E-state index in [0.29, 0.717) is 5.92 Å². The van der Waals surface area contributed by atoms with Crippen LogP contribution in [0.5, 0.6) is 0 Å². The fraction of sp³-hybridized carbons (Fsp3) is 0.714. The van der Waals surface area contributed by atoms with Crippen LogP contribution in [-0.2, 0) is 0 Å². The summed E-state index contributed by atoms with van der Waals surface area (Å²) in [6.07, 6.45) is 1.26. The van der Waals surface area contributed by atoms with Crippen molar-refractivity contribution in [2.45, 2.75) is 40.0 Å². The molecule has 0 radical (unpaired) electrons. The minimum Gasteiger partial charge on any atom is -0.373 e. The molecule has 4 heteroatoms. The number of rotatable bonds is 3. The van der Waals surface area contributed by atoms with Crippen LogP contribution in [-0.4, -0.2) is 30.1 Å². The highest BCUT2D eigenvalue weighted by Crippen LogP contribution is 2.29. The molecule has 1 unspecified atom stereocenters. The summed E-state index contributed by atoms with van der Waals surface area (Å²) < 4.78 is 0. The van der Waals surface area contributed by atoms with Gasteiger partial charge < -0.3 is 10.2 Å². The van der Waals surface area contributed by atoms with Gasteiger partial charge in [-0.05, 0) is 19.3 Å². The molecule has 1 atom stereocenters. The second kappa shape index (κ2) is 5.12. The van der Waals surface area contributed by atoms with Crippen molar-refractivity contribution in [2.75, 3.05) is 30.4 Å². The zero-order chi connectivity index (χ0) is 13.3. The quantitative estimate of drug-likeness (QED) is 0.893. The molecule has 1 aliphatic rings. The van der Waals surface area contributed by atoms with Gasteiger partial charge in [0.25, 0.3) is 0 Å². The van der Waals surface area contributed by atoms with Crippen LogP contribution in [0.3, 0.4) is 0 Å². The van der Waals surface area contributed by atoms with E-state index in [4.69, 9.17) is 4.98 Å².